The second-order valence-electron chi connectivity index (χ2n) is 4.26. The second kappa shape index (κ2) is 5.01. The van der Waals surface area contributed by atoms with E-state index in [1.54, 1.807) is 12.1 Å². The Labute approximate surface area is 110 Å². The van der Waals surface area contributed by atoms with Crippen LogP contribution in [-0.2, 0) is 0 Å². The lowest BCUT2D eigenvalue weighted by Crippen LogP contribution is -1.95. The maximum atomic E-state index is 13.2. The molecule has 0 aliphatic carbocycles. The van der Waals surface area contributed by atoms with Crippen molar-refractivity contribution in [3.63, 3.8) is 0 Å². The minimum absolute atomic E-state index is 0.0394. The molecule has 1 unspecified atom stereocenters. The average Bonchev–Trinajstić information content (AvgIpc) is 2.32. The Balaban J connectivity index is 2.36. The van der Waals surface area contributed by atoms with Crippen molar-refractivity contribution in [3.8, 4) is 0 Å². The fraction of sp³-hybridized carbons (Fsp3) is 0.200. The van der Waals surface area contributed by atoms with Crippen molar-refractivity contribution in [1.29, 1.82) is 0 Å². The van der Waals surface area contributed by atoms with Crippen LogP contribution in [0.15, 0.2) is 42.5 Å². The van der Waals surface area contributed by atoms with Crippen LogP contribution in [-0.4, -0.2) is 0 Å². The largest absolute Gasteiger partial charge is 0.207 e. The molecule has 0 amide bonds. The predicted molar refractivity (Wildman–Crippen MR) is 73.1 cm³/mol. The monoisotopic (exact) mass is 292 g/mol. The molecule has 2 aromatic rings. The predicted octanol–water partition coefficient (Wildman–Crippen LogP) is 4.93. The van der Waals surface area contributed by atoms with Crippen molar-refractivity contribution in [3.05, 3.63) is 70.5 Å². The van der Waals surface area contributed by atoms with Crippen molar-refractivity contribution >= 4 is 15.9 Å². The third-order valence-corrected chi connectivity index (χ3v) is 4.02. The first kappa shape index (κ1) is 12.3. The Kier molecular flexibility index (Phi) is 3.63. The zero-order chi connectivity index (χ0) is 12.4. The van der Waals surface area contributed by atoms with Crippen LogP contribution >= 0.6 is 15.9 Å². The van der Waals surface area contributed by atoms with E-state index in [1.807, 2.05) is 6.07 Å². The summed E-state index contributed by atoms with van der Waals surface area (Å²) in [5.74, 6) is -0.198. The molecule has 1 atom stereocenters. The number of halogens is 2. The van der Waals surface area contributed by atoms with E-state index < -0.39 is 0 Å². The highest BCUT2D eigenvalue weighted by Gasteiger charge is 2.11. The molecule has 0 saturated carbocycles. The van der Waals surface area contributed by atoms with Crippen LogP contribution in [0.2, 0.25) is 0 Å². The van der Waals surface area contributed by atoms with E-state index in [9.17, 15) is 4.39 Å². The van der Waals surface area contributed by atoms with Gasteiger partial charge in [-0.3, -0.25) is 0 Å². The lowest BCUT2D eigenvalue weighted by molar-refractivity contribution is 0.626. The highest BCUT2D eigenvalue weighted by Crippen LogP contribution is 2.31. The summed E-state index contributed by atoms with van der Waals surface area (Å²) in [6, 6.07) is 13.0. The lowest BCUT2D eigenvalue weighted by atomic mass is 10.0. The molecule has 0 N–H and O–H groups in total. The van der Waals surface area contributed by atoms with Crippen LogP contribution in [0.3, 0.4) is 0 Å². The number of benzene rings is 2. The van der Waals surface area contributed by atoms with Crippen LogP contribution in [0.5, 0.6) is 0 Å². The number of alkyl halides is 1. The Morgan fingerprint density at radius 3 is 2.29 bits per heavy atom. The fourth-order valence-corrected chi connectivity index (χ4v) is 2.35. The third-order valence-electron chi connectivity index (χ3n) is 2.96. The molecule has 0 nitrogen and oxygen atoms in total. The van der Waals surface area contributed by atoms with E-state index in [2.05, 4.69) is 48.0 Å². The van der Waals surface area contributed by atoms with Crippen molar-refractivity contribution in [2.75, 3.05) is 0 Å². The molecule has 0 bridgehead atoms. The molecule has 2 rings (SSSR count). The number of hydrogen-bond acceptors (Lipinski definition) is 0. The zero-order valence-electron chi connectivity index (χ0n) is 9.87. The zero-order valence-corrected chi connectivity index (χ0v) is 11.5. The van der Waals surface area contributed by atoms with Gasteiger partial charge in [0.2, 0.25) is 0 Å². The molecule has 2 aromatic carbocycles. The van der Waals surface area contributed by atoms with Gasteiger partial charge >= 0.3 is 0 Å². The molecular weight excluding hydrogens is 279 g/mol. The quantitative estimate of drug-likeness (QED) is 0.689. The van der Waals surface area contributed by atoms with E-state index in [0.29, 0.717) is 0 Å². The first-order chi connectivity index (χ1) is 8.08. The maximum Gasteiger partial charge on any atom is 0.123 e. The van der Waals surface area contributed by atoms with Gasteiger partial charge < -0.3 is 0 Å². The van der Waals surface area contributed by atoms with Crippen LogP contribution < -0.4 is 0 Å². The number of rotatable bonds is 2. The molecule has 17 heavy (non-hydrogen) atoms. The van der Waals surface area contributed by atoms with E-state index in [-0.39, 0.29) is 10.6 Å². The molecule has 0 fully saturated rings. The van der Waals surface area contributed by atoms with Gasteiger partial charge in [0.25, 0.3) is 0 Å². The first-order valence-corrected chi connectivity index (χ1v) is 6.46. The van der Waals surface area contributed by atoms with Gasteiger partial charge in [-0.2, -0.15) is 0 Å². The summed E-state index contributed by atoms with van der Waals surface area (Å²) < 4.78 is 13.2. The van der Waals surface area contributed by atoms with E-state index in [4.69, 9.17) is 0 Å². The molecule has 2 heteroatoms. The molecule has 0 heterocycles. The summed E-state index contributed by atoms with van der Waals surface area (Å²) in [7, 11) is 0. The summed E-state index contributed by atoms with van der Waals surface area (Å²) in [6.45, 7) is 4.18. The average molecular weight is 293 g/mol. The van der Waals surface area contributed by atoms with Gasteiger partial charge in [0, 0.05) is 0 Å². The van der Waals surface area contributed by atoms with Crippen LogP contribution in [0.1, 0.15) is 27.1 Å². The minimum atomic E-state index is -0.198. The van der Waals surface area contributed by atoms with Crippen molar-refractivity contribution < 1.29 is 4.39 Å². The number of aryl methyl sites for hydroxylation is 2. The summed E-state index contributed by atoms with van der Waals surface area (Å²) in [6.07, 6.45) is 0. The van der Waals surface area contributed by atoms with E-state index in [0.717, 1.165) is 11.1 Å². The molecule has 88 valence electrons. The third kappa shape index (κ3) is 2.75. The molecule has 0 saturated heterocycles. The Hall–Kier alpha value is -1.15. The standard InChI is InChI=1S/C15H14BrF/c1-10-6-7-13(8-11(10)2)15(16)12-4-3-5-14(17)9-12/h3-9,15H,1-2H3. The summed E-state index contributed by atoms with van der Waals surface area (Å²) >= 11 is 3.62. The Morgan fingerprint density at radius 1 is 0.941 bits per heavy atom. The maximum absolute atomic E-state index is 13.2. The van der Waals surface area contributed by atoms with Gasteiger partial charge in [-0.25, -0.2) is 4.39 Å². The molecule has 0 aromatic heterocycles. The fourth-order valence-electron chi connectivity index (χ4n) is 1.78. The Morgan fingerprint density at radius 2 is 1.65 bits per heavy atom. The van der Waals surface area contributed by atoms with Gasteiger partial charge in [-0.05, 0) is 48.2 Å². The first-order valence-electron chi connectivity index (χ1n) is 5.54. The SMILES string of the molecule is Cc1ccc(C(Br)c2cccc(F)c2)cc1C. The second-order valence-corrected chi connectivity index (χ2v) is 5.18. The highest BCUT2D eigenvalue weighted by molar-refractivity contribution is 9.09. The summed E-state index contributed by atoms with van der Waals surface area (Å²) in [5.41, 5.74) is 4.61. The van der Waals surface area contributed by atoms with Gasteiger partial charge in [-0.1, -0.05) is 46.3 Å². The van der Waals surface area contributed by atoms with Crippen LogP contribution in [0.25, 0.3) is 0 Å². The number of hydrogen-bond donors (Lipinski definition) is 0. The smallest absolute Gasteiger partial charge is 0.123 e. The van der Waals surface area contributed by atoms with Gasteiger partial charge in [0.1, 0.15) is 5.82 Å². The van der Waals surface area contributed by atoms with Crippen molar-refractivity contribution in [2.24, 2.45) is 0 Å². The van der Waals surface area contributed by atoms with Crippen LogP contribution in [0.4, 0.5) is 4.39 Å². The normalized spacial score (nSPS) is 12.5. The topological polar surface area (TPSA) is 0 Å². The van der Waals surface area contributed by atoms with E-state index >= 15 is 0 Å². The molecular formula is C15H14BrF. The van der Waals surface area contributed by atoms with Gasteiger partial charge in [-0.15, -0.1) is 0 Å². The highest BCUT2D eigenvalue weighted by atomic mass is 79.9. The van der Waals surface area contributed by atoms with Crippen LogP contribution in [0, 0.1) is 19.7 Å². The van der Waals surface area contributed by atoms with Gasteiger partial charge in [0.15, 0.2) is 0 Å². The molecule has 0 spiro atoms. The molecule has 0 aliphatic heterocycles. The van der Waals surface area contributed by atoms with E-state index in [1.165, 1.54) is 17.2 Å². The Bertz CT molecular complexity index is 534. The molecule has 0 radical (unpaired) electrons. The summed E-state index contributed by atoms with van der Waals surface area (Å²) in [5, 5.41) is 0. The van der Waals surface area contributed by atoms with Gasteiger partial charge in [0.05, 0.1) is 4.83 Å². The van der Waals surface area contributed by atoms with Crippen molar-refractivity contribution in [1.82, 2.24) is 0 Å². The summed E-state index contributed by atoms with van der Waals surface area (Å²) in [4.78, 5) is 0.0394. The van der Waals surface area contributed by atoms with Crippen molar-refractivity contribution in [2.45, 2.75) is 18.7 Å². The minimum Gasteiger partial charge on any atom is -0.207 e. The molecule has 0 aliphatic rings. The lowest BCUT2D eigenvalue weighted by Gasteiger charge is -2.12.